The van der Waals surface area contributed by atoms with Crippen LogP contribution in [0.4, 0.5) is 4.39 Å². The van der Waals surface area contributed by atoms with E-state index in [0.717, 1.165) is 59.6 Å². The third-order valence-corrected chi connectivity index (χ3v) is 8.56. The predicted octanol–water partition coefficient (Wildman–Crippen LogP) is 5.86. The number of hydrogen-bond donors (Lipinski definition) is 0. The summed E-state index contributed by atoms with van der Waals surface area (Å²) in [5.41, 5.74) is 1.41. The van der Waals surface area contributed by atoms with Crippen LogP contribution in [0.1, 0.15) is 42.7 Å². The van der Waals surface area contributed by atoms with E-state index in [4.69, 9.17) is 13.9 Å². The van der Waals surface area contributed by atoms with Crippen LogP contribution in [0.3, 0.4) is 0 Å². The fraction of sp³-hybridized carbons (Fsp3) is 0.333. The summed E-state index contributed by atoms with van der Waals surface area (Å²) < 4.78 is 33.5. The maximum absolute atomic E-state index is 13.7. The van der Waals surface area contributed by atoms with Gasteiger partial charge in [-0.2, -0.15) is 0 Å². The molecule has 2 bridgehead atoms. The van der Waals surface area contributed by atoms with Gasteiger partial charge in [-0.05, 0) is 31.2 Å². The number of fused-ring (bicyclic) bond motifs is 5. The van der Waals surface area contributed by atoms with Gasteiger partial charge in [0.1, 0.15) is 35.0 Å². The van der Waals surface area contributed by atoms with Crippen molar-refractivity contribution in [2.24, 2.45) is 5.92 Å². The maximum atomic E-state index is 13.7. The molecule has 8 rings (SSSR count). The predicted molar refractivity (Wildman–Crippen MR) is 135 cm³/mol. The van der Waals surface area contributed by atoms with Gasteiger partial charge in [0.15, 0.2) is 12.6 Å². The quantitative estimate of drug-likeness (QED) is 0.323. The number of rotatable bonds is 5. The number of aromatic nitrogens is 2. The van der Waals surface area contributed by atoms with Gasteiger partial charge in [0.05, 0.1) is 13.1 Å². The second kappa shape index (κ2) is 8.42. The molecule has 4 aromatic rings. The monoisotopic (exact) mass is 498 g/mol. The van der Waals surface area contributed by atoms with E-state index in [1.54, 1.807) is 6.07 Å². The van der Waals surface area contributed by atoms with Crippen molar-refractivity contribution in [3.8, 4) is 17.2 Å². The van der Waals surface area contributed by atoms with Crippen LogP contribution in [0.2, 0.25) is 0 Å². The average Bonchev–Trinajstić information content (AvgIpc) is 3.38. The van der Waals surface area contributed by atoms with Gasteiger partial charge in [0.25, 0.3) is 5.89 Å². The minimum Gasteiger partial charge on any atom is -0.484 e. The molecule has 5 heterocycles. The summed E-state index contributed by atoms with van der Waals surface area (Å²) in [7, 11) is 0. The molecule has 3 fully saturated rings. The van der Waals surface area contributed by atoms with Crippen molar-refractivity contribution in [2.75, 3.05) is 19.6 Å². The Morgan fingerprint density at radius 3 is 2.35 bits per heavy atom. The molecule has 1 atom stereocenters. The summed E-state index contributed by atoms with van der Waals surface area (Å²) in [6, 6.07) is 22.5. The second-order valence-corrected chi connectivity index (χ2v) is 10.8. The Hall–Kier alpha value is -3.71. The highest BCUT2D eigenvalue weighted by atomic mass is 19.1. The molecule has 188 valence electrons. The van der Waals surface area contributed by atoms with Gasteiger partial charge in [-0.25, -0.2) is 4.39 Å². The van der Waals surface area contributed by atoms with E-state index in [-0.39, 0.29) is 11.9 Å². The minimum absolute atomic E-state index is 0.0541. The fourth-order valence-corrected chi connectivity index (χ4v) is 6.53. The van der Waals surface area contributed by atoms with E-state index in [0.29, 0.717) is 30.0 Å². The Balaban J connectivity index is 1.18. The third kappa shape index (κ3) is 3.72. The number of nitrogens with zero attached hydrogens (tertiary/aromatic N) is 3. The van der Waals surface area contributed by atoms with Gasteiger partial charge in [-0.15, -0.1) is 10.2 Å². The Kier molecular flexibility index (Phi) is 5.11. The van der Waals surface area contributed by atoms with Crippen molar-refractivity contribution in [2.45, 2.75) is 37.8 Å². The molecular formula is C30H29FN3O3+. The smallest absolute Gasteiger partial charge is 0.271 e. The van der Waals surface area contributed by atoms with Crippen molar-refractivity contribution in [1.82, 2.24) is 10.2 Å². The number of quaternary nitrogens is 1. The van der Waals surface area contributed by atoms with Gasteiger partial charge in [-0.1, -0.05) is 42.5 Å². The van der Waals surface area contributed by atoms with Crippen LogP contribution in [0.15, 0.2) is 77.2 Å². The van der Waals surface area contributed by atoms with Crippen molar-refractivity contribution < 1.29 is 22.8 Å². The molecule has 0 amide bonds. The summed E-state index contributed by atoms with van der Waals surface area (Å²) >= 11 is 0. The van der Waals surface area contributed by atoms with Crippen LogP contribution in [-0.4, -0.2) is 40.4 Å². The molecule has 3 saturated heterocycles. The molecule has 0 N–H and O–H groups in total. The fourth-order valence-electron chi connectivity index (χ4n) is 6.53. The summed E-state index contributed by atoms with van der Waals surface area (Å²) in [6.07, 6.45) is 2.21. The molecule has 0 radical (unpaired) electrons. The summed E-state index contributed by atoms with van der Waals surface area (Å²) in [4.78, 5) is 0. The lowest BCUT2D eigenvalue weighted by Crippen LogP contribution is -2.64. The molecular weight excluding hydrogens is 469 g/mol. The SMILES string of the molecule is CC1(c2nnc(C[N+]34CCC(CC3)C(Oc3cccc(F)c3)C4)o2)c2ccccc2Oc2ccccc21. The number of piperidine rings is 3. The largest absolute Gasteiger partial charge is 0.484 e. The van der Waals surface area contributed by atoms with E-state index in [1.165, 1.54) is 12.1 Å². The van der Waals surface area contributed by atoms with Crippen molar-refractivity contribution in [3.05, 3.63) is 102 Å². The lowest BCUT2D eigenvalue weighted by molar-refractivity contribution is -0.959. The second-order valence-electron chi connectivity index (χ2n) is 10.8. The van der Waals surface area contributed by atoms with Gasteiger partial charge in [0.2, 0.25) is 5.89 Å². The molecule has 0 spiro atoms. The number of halogens is 1. The van der Waals surface area contributed by atoms with Crippen molar-refractivity contribution in [1.29, 1.82) is 0 Å². The summed E-state index contributed by atoms with van der Waals surface area (Å²) in [5.74, 6) is 3.65. The zero-order valence-corrected chi connectivity index (χ0v) is 20.8. The van der Waals surface area contributed by atoms with Crippen LogP contribution < -0.4 is 9.47 Å². The van der Waals surface area contributed by atoms with Crippen LogP contribution in [-0.2, 0) is 12.0 Å². The first-order valence-electron chi connectivity index (χ1n) is 13.0. The van der Waals surface area contributed by atoms with Gasteiger partial charge < -0.3 is 18.4 Å². The Morgan fingerprint density at radius 2 is 1.65 bits per heavy atom. The molecule has 1 unspecified atom stereocenters. The molecule has 37 heavy (non-hydrogen) atoms. The maximum Gasteiger partial charge on any atom is 0.271 e. The van der Waals surface area contributed by atoms with E-state index < -0.39 is 5.41 Å². The normalized spacial score (nSPS) is 25.1. The van der Waals surface area contributed by atoms with Crippen molar-refractivity contribution in [3.63, 3.8) is 0 Å². The standard InChI is InChI=1S/C30H29FN3O3/c1-30(23-9-2-4-11-25(23)36-26-12-5-3-10-24(26)30)29-33-32-28(37-29)19-34-15-13-20(14-16-34)27(18-34)35-22-8-6-7-21(31)17-22/h2-12,17,20,27H,13-16,18-19H2,1H3/q+1. The van der Waals surface area contributed by atoms with E-state index >= 15 is 0 Å². The number of benzene rings is 3. The molecule has 4 aliphatic rings. The molecule has 7 heteroatoms. The first-order valence-corrected chi connectivity index (χ1v) is 13.0. The highest BCUT2D eigenvalue weighted by Gasteiger charge is 2.49. The molecule has 6 nitrogen and oxygen atoms in total. The van der Waals surface area contributed by atoms with Crippen LogP contribution in [0.5, 0.6) is 17.2 Å². The molecule has 0 aliphatic carbocycles. The van der Waals surface area contributed by atoms with E-state index in [2.05, 4.69) is 29.3 Å². The Labute approximate surface area is 215 Å². The topological polar surface area (TPSA) is 57.4 Å². The molecule has 0 saturated carbocycles. The minimum atomic E-state index is -0.616. The average molecular weight is 499 g/mol. The highest BCUT2D eigenvalue weighted by molar-refractivity contribution is 5.60. The van der Waals surface area contributed by atoms with E-state index in [1.807, 2.05) is 42.5 Å². The Bertz CT molecular complexity index is 1410. The number of ether oxygens (including phenoxy) is 2. The lowest BCUT2D eigenvalue weighted by Gasteiger charge is -2.51. The van der Waals surface area contributed by atoms with E-state index in [9.17, 15) is 4.39 Å². The number of para-hydroxylation sites is 2. The van der Waals surface area contributed by atoms with Crippen LogP contribution in [0, 0.1) is 11.7 Å². The van der Waals surface area contributed by atoms with Gasteiger partial charge >= 0.3 is 0 Å². The van der Waals surface area contributed by atoms with Crippen molar-refractivity contribution >= 4 is 0 Å². The summed E-state index contributed by atoms with van der Waals surface area (Å²) in [5, 5.41) is 9.14. The first kappa shape index (κ1) is 22.5. The Morgan fingerprint density at radius 1 is 0.946 bits per heavy atom. The number of hydrogen-bond acceptors (Lipinski definition) is 5. The van der Waals surface area contributed by atoms with Crippen LogP contribution >= 0.6 is 0 Å². The van der Waals surface area contributed by atoms with Gasteiger partial charge in [-0.3, -0.25) is 0 Å². The summed E-state index contributed by atoms with van der Waals surface area (Å²) in [6.45, 7) is 5.77. The molecule has 1 aromatic heterocycles. The zero-order chi connectivity index (χ0) is 25.0. The van der Waals surface area contributed by atoms with Gasteiger partial charge in [0, 0.05) is 36.0 Å². The third-order valence-electron chi connectivity index (χ3n) is 8.56. The first-order chi connectivity index (χ1) is 18.0. The van der Waals surface area contributed by atoms with Crippen LogP contribution in [0.25, 0.3) is 0 Å². The molecule has 3 aromatic carbocycles. The lowest BCUT2D eigenvalue weighted by atomic mass is 9.74. The molecule has 4 aliphatic heterocycles. The zero-order valence-electron chi connectivity index (χ0n) is 20.8. The highest BCUT2D eigenvalue weighted by Crippen LogP contribution is 2.51.